The molecule has 1 amide bonds. The third kappa shape index (κ3) is 4.81. The van der Waals surface area contributed by atoms with Gasteiger partial charge in [0, 0.05) is 0 Å². The van der Waals surface area contributed by atoms with Crippen LogP contribution in [0.3, 0.4) is 0 Å². The first-order valence-electron chi connectivity index (χ1n) is 8.63. The van der Waals surface area contributed by atoms with Gasteiger partial charge in [0.2, 0.25) is 0 Å². The van der Waals surface area contributed by atoms with Crippen molar-refractivity contribution in [2.45, 2.75) is 20.4 Å². The molecule has 1 aromatic heterocycles. The second-order valence-corrected chi connectivity index (χ2v) is 5.76. The van der Waals surface area contributed by atoms with Gasteiger partial charge in [0.15, 0.2) is 12.4 Å². The number of hydrogen-bond donors (Lipinski definition) is 1. The quantitative estimate of drug-likeness (QED) is 0.655. The Kier molecular flexibility index (Phi) is 5.98. The van der Waals surface area contributed by atoms with E-state index in [1.807, 2.05) is 62.4 Å². The van der Waals surface area contributed by atoms with E-state index in [1.165, 1.54) is 0 Å². The first-order valence-corrected chi connectivity index (χ1v) is 8.63. The molecule has 27 heavy (non-hydrogen) atoms. The van der Waals surface area contributed by atoms with Crippen molar-refractivity contribution in [2.75, 3.05) is 13.2 Å². The molecule has 2 aromatic carbocycles. The summed E-state index contributed by atoms with van der Waals surface area (Å²) in [5.41, 5.74) is 1.76. The molecule has 1 N–H and O–H groups in total. The van der Waals surface area contributed by atoms with Gasteiger partial charge in [-0.2, -0.15) is 4.68 Å². The summed E-state index contributed by atoms with van der Waals surface area (Å²) in [5, 5.41) is 14.4. The highest BCUT2D eigenvalue weighted by Crippen LogP contribution is 2.16. The molecule has 0 spiro atoms. The van der Waals surface area contributed by atoms with Crippen molar-refractivity contribution in [1.29, 1.82) is 0 Å². The monoisotopic (exact) mass is 367 g/mol. The summed E-state index contributed by atoms with van der Waals surface area (Å²) in [4.78, 5) is 12.1. The van der Waals surface area contributed by atoms with Gasteiger partial charge >= 0.3 is 0 Å². The van der Waals surface area contributed by atoms with Gasteiger partial charge in [-0.3, -0.25) is 4.79 Å². The van der Waals surface area contributed by atoms with Crippen molar-refractivity contribution < 1.29 is 14.3 Å². The molecule has 3 aromatic rings. The van der Waals surface area contributed by atoms with Crippen molar-refractivity contribution in [1.82, 2.24) is 25.5 Å². The minimum absolute atomic E-state index is 0.0739. The average Bonchev–Trinajstić information content (AvgIpc) is 3.15. The molecule has 8 heteroatoms. The average molecular weight is 367 g/mol. The van der Waals surface area contributed by atoms with Crippen LogP contribution in [0.25, 0.3) is 5.69 Å². The van der Waals surface area contributed by atoms with Crippen molar-refractivity contribution in [3.05, 3.63) is 59.9 Å². The number of benzene rings is 2. The number of rotatable bonds is 8. The molecule has 0 fully saturated rings. The summed E-state index contributed by atoms with van der Waals surface area (Å²) in [5.74, 6) is 1.73. The Labute approximate surface area is 157 Å². The Morgan fingerprint density at radius 2 is 1.89 bits per heavy atom. The van der Waals surface area contributed by atoms with E-state index in [2.05, 4.69) is 20.8 Å². The van der Waals surface area contributed by atoms with Crippen LogP contribution in [0.15, 0.2) is 48.5 Å². The Hall–Kier alpha value is -3.42. The molecule has 3 rings (SSSR count). The third-order valence-corrected chi connectivity index (χ3v) is 3.82. The number of hydrogen-bond acceptors (Lipinski definition) is 6. The Morgan fingerprint density at radius 3 is 2.63 bits per heavy atom. The van der Waals surface area contributed by atoms with Gasteiger partial charge < -0.3 is 14.8 Å². The number of ether oxygens (including phenoxy) is 2. The summed E-state index contributed by atoms with van der Waals surface area (Å²) in [7, 11) is 0. The summed E-state index contributed by atoms with van der Waals surface area (Å²) >= 11 is 0. The van der Waals surface area contributed by atoms with Gasteiger partial charge in [-0.25, -0.2) is 0 Å². The van der Waals surface area contributed by atoms with E-state index in [1.54, 1.807) is 4.68 Å². The fourth-order valence-corrected chi connectivity index (χ4v) is 2.46. The maximum atomic E-state index is 12.1. The molecule has 0 radical (unpaired) electrons. The topological polar surface area (TPSA) is 91.2 Å². The van der Waals surface area contributed by atoms with E-state index >= 15 is 0 Å². The van der Waals surface area contributed by atoms with Gasteiger partial charge in [0.25, 0.3) is 5.91 Å². The number of aryl methyl sites for hydroxylation is 1. The smallest absolute Gasteiger partial charge is 0.258 e. The maximum Gasteiger partial charge on any atom is 0.258 e. The predicted octanol–water partition coefficient (Wildman–Crippen LogP) is 2.06. The molecule has 0 atom stereocenters. The highest BCUT2D eigenvalue weighted by Gasteiger charge is 2.11. The van der Waals surface area contributed by atoms with Crippen molar-refractivity contribution >= 4 is 5.91 Å². The van der Waals surface area contributed by atoms with E-state index in [0.717, 1.165) is 17.0 Å². The lowest BCUT2D eigenvalue weighted by molar-refractivity contribution is -0.123. The molecular formula is C19H21N5O3. The fourth-order valence-electron chi connectivity index (χ4n) is 2.46. The van der Waals surface area contributed by atoms with E-state index in [-0.39, 0.29) is 19.1 Å². The van der Waals surface area contributed by atoms with Crippen LogP contribution in [0, 0.1) is 6.92 Å². The normalized spacial score (nSPS) is 10.4. The van der Waals surface area contributed by atoms with Gasteiger partial charge in [0.05, 0.1) is 18.8 Å². The van der Waals surface area contributed by atoms with E-state index in [4.69, 9.17) is 9.47 Å². The van der Waals surface area contributed by atoms with Crippen molar-refractivity contribution in [3.63, 3.8) is 0 Å². The second-order valence-electron chi connectivity index (χ2n) is 5.76. The molecule has 140 valence electrons. The Morgan fingerprint density at radius 1 is 1.11 bits per heavy atom. The SMILES string of the molecule is CCOc1ccc(-n2nnnc2CNC(=O)COc2ccccc2C)cc1. The van der Waals surface area contributed by atoms with E-state index in [9.17, 15) is 4.79 Å². The lowest BCUT2D eigenvalue weighted by Gasteiger charge is -2.10. The van der Waals surface area contributed by atoms with Crippen LogP contribution in [-0.4, -0.2) is 39.3 Å². The van der Waals surface area contributed by atoms with Gasteiger partial charge in [-0.1, -0.05) is 18.2 Å². The lowest BCUT2D eigenvalue weighted by atomic mass is 10.2. The highest BCUT2D eigenvalue weighted by molar-refractivity contribution is 5.77. The van der Waals surface area contributed by atoms with Crippen LogP contribution >= 0.6 is 0 Å². The second kappa shape index (κ2) is 8.79. The minimum Gasteiger partial charge on any atom is -0.494 e. The summed E-state index contributed by atoms with van der Waals surface area (Å²) in [6.45, 7) is 4.58. The van der Waals surface area contributed by atoms with E-state index in [0.29, 0.717) is 18.2 Å². The zero-order valence-electron chi connectivity index (χ0n) is 15.3. The standard InChI is InChI=1S/C19H21N5O3/c1-3-26-16-10-8-15(9-11-16)24-18(21-22-23-24)12-20-19(25)13-27-17-7-5-4-6-14(17)2/h4-11H,3,12-13H2,1-2H3,(H,20,25). The number of nitrogens with one attached hydrogen (secondary N) is 1. The number of carbonyl (C=O) groups is 1. The molecule has 0 saturated carbocycles. The Balaban J connectivity index is 1.56. The van der Waals surface area contributed by atoms with Crippen LogP contribution in [0.2, 0.25) is 0 Å². The zero-order valence-corrected chi connectivity index (χ0v) is 15.3. The van der Waals surface area contributed by atoms with Crippen molar-refractivity contribution in [2.24, 2.45) is 0 Å². The predicted molar refractivity (Wildman–Crippen MR) is 98.8 cm³/mol. The van der Waals surface area contributed by atoms with Crippen LogP contribution in [0.5, 0.6) is 11.5 Å². The molecule has 1 heterocycles. The van der Waals surface area contributed by atoms with Gasteiger partial charge in [-0.05, 0) is 60.2 Å². The number of carbonyl (C=O) groups excluding carboxylic acids is 1. The third-order valence-electron chi connectivity index (χ3n) is 3.82. The van der Waals surface area contributed by atoms with Crippen LogP contribution in [0.4, 0.5) is 0 Å². The Bertz CT molecular complexity index is 892. The molecule has 0 aliphatic carbocycles. The van der Waals surface area contributed by atoms with Crippen molar-refractivity contribution in [3.8, 4) is 17.2 Å². The maximum absolute atomic E-state index is 12.1. The largest absolute Gasteiger partial charge is 0.494 e. The number of para-hydroxylation sites is 1. The summed E-state index contributed by atoms with van der Waals surface area (Å²) < 4.78 is 12.5. The molecular weight excluding hydrogens is 346 g/mol. The number of aromatic nitrogens is 4. The highest BCUT2D eigenvalue weighted by atomic mass is 16.5. The van der Waals surface area contributed by atoms with Gasteiger partial charge in [-0.15, -0.1) is 5.10 Å². The van der Waals surface area contributed by atoms with Gasteiger partial charge in [0.1, 0.15) is 11.5 Å². The first-order chi connectivity index (χ1) is 13.2. The van der Waals surface area contributed by atoms with Crippen LogP contribution < -0.4 is 14.8 Å². The molecule has 0 bridgehead atoms. The fraction of sp³-hybridized carbons (Fsp3) is 0.263. The molecule has 8 nitrogen and oxygen atoms in total. The summed E-state index contributed by atoms with van der Waals surface area (Å²) in [6, 6.07) is 14.9. The first kappa shape index (κ1) is 18.4. The summed E-state index contributed by atoms with van der Waals surface area (Å²) in [6.07, 6.45) is 0. The minimum atomic E-state index is -0.250. The van der Waals surface area contributed by atoms with Crippen LogP contribution in [0.1, 0.15) is 18.3 Å². The number of amides is 1. The number of tetrazole rings is 1. The van der Waals surface area contributed by atoms with E-state index < -0.39 is 0 Å². The van der Waals surface area contributed by atoms with Crippen LogP contribution in [-0.2, 0) is 11.3 Å². The molecule has 0 aliphatic heterocycles. The number of nitrogens with zero attached hydrogens (tertiary/aromatic N) is 4. The molecule has 0 unspecified atom stereocenters. The zero-order chi connectivity index (χ0) is 19.1. The molecule has 0 aliphatic rings. The molecule has 0 saturated heterocycles. The lowest BCUT2D eigenvalue weighted by Crippen LogP contribution is -2.29.